The molecular weight excluding hydrogens is 429 g/mol. The van der Waals surface area contributed by atoms with Crippen LogP contribution in [0.4, 0.5) is 0 Å². The van der Waals surface area contributed by atoms with Gasteiger partial charge < -0.3 is 30.3 Å². The fraction of sp³-hybridized carbons (Fsp3) is 0.273. The molecule has 162 valence electrons. The van der Waals surface area contributed by atoms with Gasteiger partial charge in [0.1, 0.15) is 0 Å². The van der Waals surface area contributed by atoms with Crippen molar-refractivity contribution in [3.8, 4) is 0 Å². The fourth-order valence-corrected chi connectivity index (χ4v) is 1.90. The number of benzene rings is 2. The van der Waals surface area contributed by atoms with Gasteiger partial charge in [0.05, 0.1) is 0 Å². The van der Waals surface area contributed by atoms with Crippen LogP contribution in [0.25, 0.3) is 27.3 Å². The molecule has 0 unspecified atom stereocenters. The molecule has 0 aliphatic heterocycles. The van der Waals surface area contributed by atoms with Crippen molar-refractivity contribution in [2.75, 3.05) is 13.7 Å². The smallest absolute Gasteiger partial charge is 0.0771 e. The molecule has 0 heterocycles. The Balaban J connectivity index is -0.000000102. The van der Waals surface area contributed by atoms with Crippen molar-refractivity contribution >= 4 is 51.2 Å². The second-order valence-electron chi connectivity index (χ2n) is 5.79. The molecule has 3 N–H and O–H groups in total. The molecule has 0 saturated heterocycles. The maximum atomic E-state index is 7.46. The third kappa shape index (κ3) is 17.5. The molecule has 0 amide bonds. The predicted octanol–water partition coefficient (Wildman–Crippen LogP) is 6.23. The number of hydrogen-bond acceptors (Lipinski definition) is 2. The number of halogens is 2. The van der Waals surface area contributed by atoms with Crippen molar-refractivity contribution in [1.82, 2.24) is 0 Å². The zero-order chi connectivity index (χ0) is 19.9. The average molecular weight is 464 g/mol. The van der Waals surface area contributed by atoms with Gasteiger partial charge in [-0.1, -0.05) is 63.8 Å². The van der Waals surface area contributed by atoms with E-state index < -0.39 is 0 Å². The average Bonchev–Trinajstić information content (AvgIpc) is 2.96. The van der Waals surface area contributed by atoms with Crippen molar-refractivity contribution in [3.05, 3.63) is 74.7 Å². The molecule has 0 bridgehead atoms. The van der Waals surface area contributed by atoms with E-state index >= 15 is 0 Å². The summed E-state index contributed by atoms with van der Waals surface area (Å²) in [5.74, 6) is 0. The maximum absolute atomic E-state index is 7.46. The van der Waals surface area contributed by atoms with Crippen molar-refractivity contribution in [1.29, 1.82) is 0 Å². The van der Waals surface area contributed by atoms with Gasteiger partial charge >= 0.3 is 24.8 Å². The molecule has 0 aromatic heterocycles. The van der Waals surface area contributed by atoms with Gasteiger partial charge in [0, 0.05) is 7.11 Å². The van der Waals surface area contributed by atoms with Gasteiger partial charge in [0.25, 0.3) is 0 Å². The van der Waals surface area contributed by atoms with E-state index in [-0.39, 0.29) is 44.4 Å². The van der Waals surface area contributed by atoms with Crippen molar-refractivity contribution in [2.45, 2.75) is 26.3 Å². The van der Waals surface area contributed by atoms with Gasteiger partial charge in [-0.25, -0.2) is 0 Å². The Morgan fingerprint density at radius 2 is 1.14 bits per heavy atom. The van der Waals surface area contributed by atoms with Crippen LogP contribution in [0.5, 0.6) is 0 Å². The summed E-state index contributed by atoms with van der Waals surface area (Å²) >= 11 is 1.75. The fourth-order valence-electron chi connectivity index (χ4n) is 1.90. The molecule has 6 heteroatoms. The first-order chi connectivity index (χ1) is 11.9. The summed E-state index contributed by atoms with van der Waals surface area (Å²) in [5, 5.41) is 19.9. The molecule has 0 radical (unpaired) electrons. The van der Waals surface area contributed by atoms with E-state index in [1.165, 1.54) is 21.5 Å². The van der Waals surface area contributed by atoms with Crippen LogP contribution in [0.3, 0.4) is 0 Å². The summed E-state index contributed by atoms with van der Waals surface area (Å²) in [6.45, 7) is 8.60. The minimum Gasteiger partial charge on any atom is -0.358 e. The standard InChI is InChI=1S/C13H9.C4H10N.C2H5O.CH4O.CH3.CH2.2ClH.Ti/c1-3-7-12-10(5-1)9-11-6-2-4-8-13(11)12;1-4(2,3)5;1-2-3;1-2;;;;;/h1-9H;5H,1-3H3;3H,1-2H2;2H,1H3;1H3;1H2;2*1H;/q3*-1;;-1;;;;. The van der Waals surface area contributed by atoms with E-state index in [9.17, 15) is 0 Å². The van der Waals surface area contributed by atoms with Gasteiger partial charge in [0.2, 0.25) is 0 Å². The van der Waals surface area contributed by atoms with Crippen LogP contribution in [0.2, 0.25) is 0 Å². The van der Waals surface area contributed by atoms with Crippen LogP contribution in [0.15, 0.2) is 54.6 Å². The molecule has 0 aliphatic rings. The van der Waals surface area contributed by atoms with Crippen molar-refractivity contribution in [3.63, 3.8) is 0 Å². The summed E-state index contributed by atoms with van der Waals surface area (Å²) in [6, 6.07) is 19.3. The van der Waals surface area contributed by atoms with E-state index in [1.807, 2.05) is 20.8 Å². The summed E-state index contributed by atoms with van der Waals surface area (Å²) in [7, 11) is 1.00. The summed E-state index contributed by atoms with van der Waals surface area (Å²) in [4.78, 5) is 3.25. The van der Waals surface area contributed by atoms with E-state index in [1.54, 1.807) is 20.0 Å². The van der Waals surface area contributed by atoms with Crippen LogP contribution in [-0.4, -0.2) is 34.3 Å². The number of hydrogen-bond donors (Lipinski definition) is 2. The van der Waals surface area contributed by atoms with Crippen LogP contribution in [-0.2, 0) is 20.0 Å². The molecule has 3 aromatic carbocycles. The molecule has 0 spiro atoms. The quantitative estimate of drug-likeness (QED) is 0.306. The molecule has 0 aliphatic carbocycles. The van der Waals surface area contributed by atoms with Gasteiger partial charge in [-0.3, -0.25) is 0 Å². The second-order valence-corrected chi connectivity index (χ2v) is 5.79. The first kappa shape index (κ1) is 38.0. The molecule has 3 aromatic rings. The first-order valence-corrected chi connectivity index (χ1v) is 8.95. The first-order valence-electron chi connectivity index (χ1n) is 7.85. The van der Waals surface area contributed by atoms with Crippen LogP contribution >= 0.6 is 24.8 Å². The molecule has 0 fully saturated rings. The Bertz CT molecular complexity index is 641. The Labute approximate surface area is 195 Å². The predicted molar refractivity (Wildman–Crippen MR) is 130 cm³/mol. The minimum absolute atomic E-state index is 0. The minimum atomic E-state index is -0.250. The summed E-state index contributed by atoms with van der Waals surface area (Å²) in [6.07, 6.45) is 0. The van der Waals surface area contributed by atoms with Crippen molar-refractivity contribution < 1.29 is 30.2 Å². The van der Waals surface area contributed by atoms with Crippen LogP contribution < -0.4 is 0 Å². The molecular formula is C22H35Cl2NO2Ti-4. The van der Waals surface area contributed by atoms with E-state index in [0.717, 1.165) is 7.11 Å². The van der Waals surface area contributed by atoms with Gasteiger partial charge in [-0.2, -0.15) is 0 Å². The maximum Gasteiger partial charge on any atom is -0.0771 e. The number of rotatable bonds is 0. The molecule has 3 nitrogen and oxygen atoms in total. The summed E-state index contributed by atoms with van der Waals surface area (Å²) in [5.41, 5.74) is 6.69. The number of fused-ring (bicyclic) bond motifs is 3. The monoisotopic (exact) mass is 463 g/mol. The van der Waals surface area contributed by atoms with Crippen molar-refractivity contribution in [2.24, 2.45) is 0 Å². The Kier molecular flexibility index (Phi) is 30.7. The molecule has 28 heavy (non-hydrogen) atoms. The zero-order valence-electron chi connectivity index (χ0n) is 17.5. The molecule has 0 atom stereocenters. The second kappa shape index (κ2) is 22.6. The zero-order valence-corrected chi connectivity index (χ0v) is 20.7. The topological polar surface area (TPSA) is 64.3 Å². The Hall–Kier alpha value is -0.646. The third-order valence-corrected chi connectivity index (χ3v) is 2.52. The largest absolute Gasteiger partial charge is 0.358 e. The number of nitrogens with one attached hydrogen (secondary N) is 1. The van der Waals surface area contributed by atoms with E-state index in [0.29, 0.717) is 0 Å². The van der Waals surface area contributed by atoms with E-state index in [2.05, 4.69) is 66.3 Å². The SMILES string of the molecule is CC(C)(C)[NH-].CO.Cl.Cl.[CH2-]CO.[CH2]=[Ti].[CH3-].c1ccc2c(c1)[cH-]c1ccccc12. The summed E-state index contributed by atoms with van der Waals surface area (Å²) < 4.78 is 0. The van der Waals surface area contributed by atoms with Gasteiger partial charge in [-0.15, -0.1) is 70.1 Å². The van der Waals surface area contributed by atoms with E-state index in [4.69, 9.17) is 15.9 Å². The Morgan fingerprint density at radius 3 is 1.39 bits per heavy atom. The molecule has 3 rings (SSSR count). The Morgan fingerprint density at radius 1 is 0.929 bits per heavy atom. The van der Waals surface area contributed by atoms with Gasteiger partial charge in [-0.05, 0) is 0 Å². The van der Waals surface area contributed by atoms with Crippen LogP contribution in [0, 0.1) is 14.4 Å². The normalized spacial score (nSPS) is 8.25. The van der Waals surface area contributed by atoms with Gasteiger partial charge in [0.15, 0.2) is 0 Å². The number of aliphatic hydroxyl groups excluding tert-OH is 2. The van der Waals surface area contributed by atoms with Crippen LogP contribution in [0.1, 0.15) is 20.8 Å². The number of aliphatic hydroxyl groups is 2. The third-order valence-electron chi connectivity index (χ3n) is 2.52. The molecule has 0 saturated carbocycles.